The van der Waals surface area contributed by atoms with Crippen molar-refractivity contribution in [3.8, 4) is 0 Å². The molecule has 2 atom stereocenters. The Morgan fingerprint density at radius 1 is 1.21 bits per heavy atom. The van der Waals surface area contributed by atoms with Crippen LogP contribution in [0.25, 0.3) is 0 Å². The van der Waals surface area contributed by atoms with Crippen molar-refractivity contribution in [1.29, 1.82) is 0 Å². The van der Waals surface area contributed by atoms with E-state index in [4.69, 9.17) is 23.2 Å². The summed E-state index contributed by atoms with van der Waals surface area (Å²) in [6.07, 6.45) is 1.64. The minimum atomic E-state index is -0.832. The highest BCUT2D eigenvalue weighted by Gasteiger charge is 2.24. The highest BCUT2D eigenvalue weighted by Crippen LogP contribution is 2.35. The molecule has 3 rings (SSSR count). The number of nitrogens with one attached hydrogen (secondary N) is 1. The zero-order valence-electron chi connectivity index (χ0n) is 13.1. The van der Waals surface area contributed by atoms with E-state index in [1.165, 1.54) is 11.1 Å². The van der Waals surface area contributed by atoms with Gasteiger partial charge in [0.2, 0.25) is 5.91 Å². The molecule has 0 radical (unpaired) electrons. The van der Waals surface area contributed by atoms with Crippen molar-refractivity contribution in [2.45, 2.75) is 31.3 Å². The van der Waals surface area contributed by atoms with Crippen LogP contribution in [-0.4, -0.2) is 17.6 Å². The monoisotopic (exact) mass is 363 g/mol. The third-order valence-electron chi connectivity index (χ3n) is 4.45. The summed E-state index contributed by atoms with van der Waals surface area (Å²) in [7, 11) is 0. The van der Waals surface area contributed by atoms with Crippen molar-refractivity contribution < 1.29 is 9.90 Å². The highest BCUT2D eigenvalue weighted by molar-refractivity contribution is 6.34. The molecule has 0 aliphatic heterocycles. The molecule has 0 heterocycles. The summed E-state index contributed by atoms with van der Waals surface area (Å²) in [6.45, 7) is 0.143. The molecule has 1 aliphatic carbocycles. The van der Waals surface area contributed by atoms with Crippen molar-refractivity contribution in [2.24, 2.45) is 0 Å². The number of carbonyl (C=O) groups excluding carboxylic acids is 1. The second kappa shape index (κ2) is 7.56. The maximum Gasteiger partial charge on any atom is 0.220 e. The molecule has 0 saturated carbocycles. The lowest BCUT2D eigenvalue weighted by Gasteiger charge is -2.15. The molecule has 0 fully saturated rings. The maximum atomic E-state index is 12.2. The number of hydrogen-bond acceptors (Lipinski definition) is 2. The van der Waals surface area contributed by atoms with E-state index in [2.05, 4.69) is 17.4 Å². The summed E-state index contributed by atoms with van der Waals surface area (Å²) in [4.78, 5) is 12.2. The molecule has 1 aliphatic rings. The zero-order chi connectivity index (χ0) is 17.1. The van der Waals surface area contributed by atoms with E-state index in [1.54, 1.807) is 18.2 Å². The number of halogens is 2. The summed E-state index contributed by atoms with van der Waals surface area (Å²) in [5.41, 5.74) is 3.21. The normalized spacial score (nSPS) is 17.4. The Hall–Kier alpha value is -1.55. The number of aliphatic hydroxyl groups is 1. The molecule has 2 N–H and O–H groups in total. The predicted octanol–water partition coefficient (Wildman–Crippen LogP) is 4.26. The van der Waals surface area contributed by atoms with Crippen molar-refractivity contribution in [1.82, 2.24) is 5.32 Å². The van der Waals surface area contributed by atoms with Crippen LogP contribution < -0.4 is 5.32 Å². The van der Waals surface area contributed by atoms with Crippen LogP contribution in [0.4, 0.5) is 0 Å². The SMILES string of the molecule is O=C(CC1CCc2ccccc21)NCC(O)c1cc(Cl)cc(Cl)c1. The van der Waals surface area contributed by atoms with E-state index in [9.17, 15) is 9.90 Å². The molecule has 5 heteroatoms. The van der Waals surface area contributed by atoms with Crippen LogP contribution in [0, 0.1) is 0 Å². The zero-order valence-corrected chi connectivity index (χ0v) is 14.6. The van der Waals surface area contributed by atoms with E-state index < -0.39 is 6.10 Å². The fraction of sp³-hybridized carbons (Fsp3) is 0.316. The Morgan fingerprint density at radius 2 is 1.92 bits per heavy atom. The van der Waals surface area contributed by atoms with Crippen LogP contribution in [0.1, 0.15) is 41.6 Å². The standard InChI is InChI=1S/C19H19Cl2NO2/c20-15-7-14(8-16(21)10-15)18(23)11-22-19(24)9-13-6-5-12-3-1-2-4-17(12)13/h1-4,7-8,10,13,18,23H,5-6,9,11H2,(H,22,24). The van der Waals surface area contributed by atoms with Crippen LogP contribution in [0.3, 0.4) is 0 Å². The number of benzene rings is 2. The van der Waals surface area contributed by atoms with E-state index in [0.29, 0.717) is 22.0 Å². The Bertz CT molecular complexity index is 728. The molecule has 2 aromatic rings. The van der Waals surface area contributed by atoms with Gasteiger partial charge in [0.25, 0.3) is 0 Å². The van der Waals surface area contributed by atoms with Crippen molar-refractivity contribution in [2.75, 3.05) is 6.54 Å². The number of aliphatic hydroxyl groups excluding tert-OH is 1. The van der Waals surface area contributed by atoms with Gasteiger partial charge in [-0.3, -0.25) is 4.79 Å². The predicted molar refractivity (Wildman–Crippen MR) is 96.6 cm³/mol. The lowest BCUT2D eigenvalue weighted by atomic mass is 9.97. The van der Waals surface area contributed by atoms with Crippen LogP contribution in [0.5, 0.6) is 0 Å². The summed E-state index contributed by atoms with van der Waals surface area (Å²) < 4.78 is 0. The molecule has 24 heavy (non-hydrogen) atoms. The van der Waals surface area contributed by atoms with E-state index >= 15 is 0 Å². The molecule has 0 saturated heterocycles. The molecule has 1 amide bonds. The van der Waals surface area contributed by atoms with Gasteiger partial charge >= 0.3 is 0 Å². The number of aryl methyl sites for hydroxylation is 1. The molecule has 0 bridgehead atoms. The molecule has 2 aromatic carbocycles. The average Bonchev–Trinajstić information content (AvgIpc) is 2.95. The number of amides is 1. The molecule has 3 nitrogen and oxygen atoms in total. The molecule has 126 valence electrons. The smallest absolute Gasteiger partial charge is 0.220 e. The van der Waals surface area contributed by atoms with E-state index in [0.717, 1.165) is 12.8 Å². The topological polar surface area (TPSA) is 49.3 Å². The van der Waals surface area contributed by atoms with Gasteiger partial charge in [-0.15, -0.1) is 0 Å². The summed E-state index contributed by atoms with van der Waals surface area (Å²) >= 11 is 11.9. The molecular formula is C19H19Cl2NO2. The second-order valence-electron chi connectivity index (χ2n) is 6.16. The van der Waals surface area contributed by atoms with Crippen molar-refractivity contribution in [3.05, 3.63) is 69.2 Å². The average molecular weight is 364 g/mol. The first-order valence-electron chi connectivity index (χ1n) is 8.01. The van der Waals surface area contributed by atoms with Gasteiger partial charge in [-0.05, 0) is 53.6 Å². The molecule has 0 aromatic heterocycles. The van der Waals surface area contributed by atoms with Gasteiger partial charge in [-0.2, -0.15) is 0 Å². The van der Waals surface area contributed by atoms with Gasteiger partial charge in [-0.25, -0.2) is 0 Å². The Labute approximate surface area is 151 Å². The van der Waals surface area contributed by atoms with Crippen LogP contribution >= 0.6 is 23.2 Å². The largest absolute Gasteiger partial charge is 0.387 e. The summed E-state index contributed by atoms with van der Waals surface area (Å²) in [5, 5.41) is 13.9. The summed E-state index contributed by atoms with van der Waals surface area (Å²) in [6, 6.07) is 13.2. The lowest BCUT2D eigenvalue weighted by molar-refractivity contribution is -0.121. The van der Waals surface area contributed by atoms with E-state index in [1.807, 2.05) is 12.1 Å². The third-order valence-corrected chi connectivity index (χ3v) is 4.89. The number of carbonyl (C=O) groups is 1. The Morgan fingerprint density at radius 3 is 2.67 bits per heavy atom. The lowest BCUT2D eigenvalue weighted by Crippen LogP contribution is -2.29. The fourth-order valence-corrected chi connectivity index (χ4v) is 3.79. The van der Waals surface area contributed by atoms with Crippen LogP contribution in [-0.2, 0) is 11.2 Å². The van der Waals surface area contributed by atoms with Crippen molar-refractivity contribution >= 4 is 29.1 Å². The van der Waals surface area contributed by atoms with Gasteiger partial charge in [0.05, 0.1) is 6.10 Å². The number of rotatable bonds is 5. The third kappa shape index (κ3) is 4.10. The first kappa shape index (κ1) is 17.3. The first-order chi connectivity index (χ1) is 11.5. The van der Waals surface area contributed by atoms with Gasteiger partial charge in [-0.1, -0.05) is 47.5 Å². The number of hydrogen-bond donors (Lipinski definition) is 2. The maximum absolute atomic E-state index is 12.2. The highest BCUT2D eigenvalue weighted by atomic mass is 35.5. The van der Waals surface area contributed by atoms with E-state index in [-0.39, 0.29) is 18.4 Å². The van der Waals surface area contributed by atoms with Gasteiger partial charge < -0.3 is 10.4 Å². The fourth-order valence-electron chi connectivity index (χ4n) is 3.25. The molecule has 2 unspecified atom stereocenters. The Balaban J connectivity index is 1.54. The Kier molecular flexibility index (Phi) is 5.44. The van der Waals surface area contributed by atoms with Crippen molar-refractivity contribution in [3.63, 3.8) is 0 Å². The number of fused-ring (bicyclic) bond motifs is 1. The first-order valence-corrected chi connectivity index (χ1v) is 8.77. The van der Waals surface area contributed by atoms with Gasteiger partial charge in [0, 0.05) is 23.0 Å². The van der Waals surface area contributed by atoms with Crippen LogP contribution in [0.15, 0.2) is 42.5 Å². The quantitative estimate of drug-likeness (QED) is 0.833. The minimum Gasteiger partial charge on any atom is -0.387 e. The molecular weight excluding hydrogens is 345 g/mol. The van der Waals surface area contributed by atoms with Crippen LogP contribution in [0.2, 0.25) is 10.0 Å². The van der Waals surface area contributed by atoms with Gasteiger partial charge in [0.1, 0.15) is 0 Å². The second-order valence-corrected chi connectivity index (χ2v) is 7.03. The molecule has 0 spiro atoms. The minimum absolute atomic E-state index is 0.0520. The van der Waals surface area contributed by atoms with Gasteiger partial charge in [0.15, 0.2) is 0 Å². The summed E-state index contributed by atoms with van der Waals surface area (Å²) in [5.74, 6) is 0.211.